The number of carbonyl (C=O) groups excluding carboxylic acids is 1. The second kappa shape index (κ2) is 6.90. The summed E-state index contributed by atoms with van der Waals surface area (Å²) in [6.45, 7) is 3.78. The van der Waals surface area contributed by atoms with Crippen molar-refractivity contribution in [2.75, 3.05) is 11.9 Å². The molecule has 1 amide bonds. The van der Waals surface area contributed by atoms with E-state index in [1.807, 2.05) is 38.1 Å². The molecular weight excluding hydrogens is 266 g/mol. The lowest BCUT2D eigenvalue weighted by Gasteiger charge is -2.11. The van der Waals surface area contributed by atoms with Crippen LogP contribution in [0.15, 0.2) is 42.5 Å². The summed E-state index contributed by atoms with van der Waals surface area (Å²) in [5.41, 5.74) is 3.47. The summed E-state index contributed by atoms with van der Waals surface area (Å²) >= 11 is 0. The van der Waals surface area contributed by atoms with Crippen molar-refractivity contribution in [3.8, 4) is 5.75 Å². The molecule has 0 heterocycles. The zero-order valence-electron chi connectivity index (χ0n) is 12.2. The molecule has 0 aliphatic rings. The summed E-state index contributed by atoms with van der Waals surface area (Å²) in [5.74, 6) is 0.424. The number of rotatable bonds is 5. The van der Waals surface area contributed by atoms with E-state index < -0.39 is 0 Å². The van der Waals surface area contributed by atoms with Gasteiger partial charge in [-0.25, -0.2) is 0 Å². The van der Waals surface area contributed by atoms with E-state index in [1.165, 1.54) is 0 Å². The van der Waals surface area contributed by atoms with Crippen molar-refractivity contribution in [2.45, 2.75) is 20.5 Å². The molecule has 2 N–H and O–H groups in total. The number of para-hydroxylation sites is 1. The van der Waals surface area contributed by atoms with Crippen molar-refractivity contribution in [2.24, 2.45) is 0 Å². The number of nitrogens with one attached hydrogen (secondary N) is 1. The first-order valence-electron chi connectivity index (χ1n) is 6.78. The van der Waals surface area contributed by atoms with E-state index in [0.29, 0.717) is 17.0 Å². The third kappa shape index (κ3) is 4.33. The van der Waals surface area contributed by atoms with Crippen LogP contribution in [0, 0.1) is 13.8 Å². The van der Waals surface area contributed by atoms with Gasteiger partial charge in [0.05, 0.1) is 6.61 Å². The zero-order valence-corrected chi connectivity index (χ0v) is 12.2. The number of carbonyl (C=O) groups is 1. The van der Waals surface area contributed by atoms with Gasteiger partial charge in [0.25, 0.3) is 5.91 Å². The summed E-state index contributed by atoms with van der Waals surface area (Å²) in [7, 11) is 0. The third-order valence-corrected chi connectivity index (χ3v) is 3.03. The fourth-order valence-corrected chi connectivity index (χ4v) is 2.13. The number of ether oxygens (including phenoxy) is 1. The lowest BCUT2D eigenvalue weighted by molar-refractivity contribution is -0.118. The molecule has 0 aromatic heterocycles. The highest BCUT2D eigenvalue weighted by Gasteiger charge is 2.07. The SMILES string of the molecule is Cc1cc(C)cc(OCC(=O)Nc2ccccc2CO)c1. The van der Waals surface area contributed by atoms with Crippen molar-refractivity contribution >= 4 is 11.6 Å². The molecule has 0 saturated carbocycles. The van der Waals surface area contributed by atoms with Gasteiger partial charge >= 0.3 is 0 Å². The van der Waals surface area contributed by atoms with Gasteiger partial charge in [-0.05, 0) is 43.2 Å². The van der Waals surface area contributed by atoms with Crippen molar-refractivity contribution in [3.05, 3.63) is 59.2 Å². The summed E-state index contributed by atoms with van der Waals surface area (Å²) in [5, 5.41) is 12.0. The highest BCUT2D eigenvalue weighted by Crippen LogP contribution is 2.17. The van der Waals surface area contributed by atoms with Gasteiger partial charge in [-0.15, -0.1) is 0 Å². The topological polar surface area (TPSA) is 58.6 Å². The van der Waals surface area contributed by atoms with Gasteiger partial charge in [0.2, 0.25) is 0 Å². The van der Waals surface area contributed by atoms with Crippen LogP contribution >= 0.6 is 0 Å². The predicted octanol–water partition coefficient (Wildman–Crippen LogP) is 2.81. The van der Waals surface area contributed by atoms with Gasteiger partial charge in [0.15, 0.2) is 6.61 Å². The largest absolute Gasteiger partial charge is 0.484 e. The molecule has 4 heteroatoms. The molecule has 0 bridgehead atoms. The van der Waals surface area contributed by atoms with E-state index in [-0.39, 0.29) is 19.1 Å². The van der Waals surface area contributed by atoms with Crippen LogP contribution in [0.1, 0.15) is 16.7 Å². The number of aliphatic hydroxyl groups excluding tert-OH is 1. The molecule has 2 aromatic rings. The summed E-state index contributed by atoms with van der Waals surface area (Å²) in [6, 6.07) is 13.0. The summed E-state index contributed by atoms with van der Waals surface area (Å²) in [4.78, 5) is 11.9. The number of hydrogen-bond acceptors (Lipinski definition) is 3. The van der Waals surface area contributed by atoms with Crippen LogP contribution in [0.2, 0.25) is 0 Å². The Balaban J connectivity index is 1.96. The van der Waals surface area contributed by atoms with E-state index in [4.69, 9.17) is 4.74 Å². The molecule has 0 radical (unpaired) electrons. The molecule has 2 rings (SSSR count). The van der Waals surface area contributed by atoms with Crippen LogP contribution in [-0.2, 0) is 11.4 Å². The normalized spacial score (nSPS) is 10.2. The first kappa shape index (κ1) is 15.1. The molecule has 0 aliphatic carbocycles. The Labute approximate surface area is 124 Å². The van der Waals surface area contributed by atoms with Crippen LogP contribution < -0.4 is 10.1 Å². The average molecular weight is 285 g/mol. The molecule has 0 spiro atoms. The highest BCUT2D eigenvalue weighted by molar-refractivity contribution is 5.92. The Morgan fingerprint density at radius 1 is 1.14 bits per heavy atom. The smallest absolute Gasteiger partial charge is 0.262 e. The van der Waals surface area contributed by atoms with Crippen LogP contribution in [0.4, 0.5) is 5.69 Å². The Bertz CT molecular complexity index is 617. The van der Waals surface area contributed by atoms with Gasteiger partial charge in [0.1, 0.15) is 5.75 Å². The zero-order chi connectivity index (χ0) is 15.2. The number of anilines is 1. The second-order valence-corrected chi connectivity index (χ2v) is 4.98. The number of aryl methyl sites for hydroxylation is 2. The fourth-order valence-electron chi connectivity index (χ4n) is 2.13. The van der Waals surface area contributed by atoms with Gasteiger partial charge < -0.3 is 15.2 Å². The summed E-state index contributed by atoms with van der Waals surface area (Å²) < 4.78 is 5.50. The minimum atomic E-state index is -0.255. The van der Waals surface area contributed by atoms with Gasteiger partial charge in [-0.3, -0.25) is 4.79 Å². The number of amides is 1. The molecule has 21 heavy (non-hydrogen) atoms. The average Bonchev–Trinajstić information content (AvgIpc) is 2.45. The van der Waals surface area contributed by atoms with E-state index >= 15 is 0 Å². The van der Waals surface area contributed by atoms with Crippen molar-refractivity contribution < 1.29 is 14.6 Å². The first-order valence-corrected chi connectivity index (χ1v) is 6.78. The van der Waals surface area contributed by atoms with E-state index in [9.17, 15) is 9.90 Å². The molecule has 0 saturated heterocycles. The van der Waals surface area contributed by atoms with E-state index in [2.05, 4.69) is 5.32 Å². The van der Waals surface area contributed by atoms with Gasteiger partial charge in [-0.1, -0.05) is 24.3 Å². The molecule has 0 unspecified atom stereocenters. The molecule has 4 nitrogen and oxygen atoms in total. The Morgan fingerprint density at radius 3 is 2.48 bits per heavy atom. The third-order valence-electron chi connectivity index (χ3n) is 3.03. The molecule has 0 fully saturated rings. The quantitative estimate of drug-likeness (QED) is 0.888. The molecular formula is C17H19NO3. The Hall–Kier alpha value is -2.33. The summed E-state index contributed by atoms with van der Waals surface area (Å²) in [6.07, 6.45) is 0. The molecule has 110 valence electrons. The maximum Gasteiger partial charge on any atom is 0.262 e. The number of aliphatic hydroxyl groups is 1. The van der Waals surface area contributed by atoms with Crippen LogP contribution in [0.25, 0.3) is 0 Å². The first-order chi connectivity index (χ1) is 10.1. The van der Waals surface area contributed by atoms with E-state index in [0.717, 1.165) is 11.1 Å². The maximum absolute atomic E-state index is 11.9. The van der Waals surface area contributed by atoms with Crippen LogP contribution in [0.3, 0.4) is 0 Å². The van der Waals surface area contributed by atoms with Crippen molar-refractivity contribution in [1.82, 2.24) is 0 Å². The van der Waals surface area contributed by atoms with Crippen molar-refractivity contribution in [3.63, 3.8) is 0 Å². The van der Waals surface area contributed by atoms with Gasteiger partial charge in [-0.2, -0.15) is 0 Å². The minimum absolute atomic E-state index is 0.0668. The van der Waals surface area contributed by atoms with E-state index in [1.54, 1.807) is 18.2 Å². The monoisotopic (exact) mass is 285 g/mol. The number of benzene rings is 2. The molecule has 0 atom stereocenters. The molecule has 0 aliphatic heterocycles. The second-order valence-electron chi connectivity index (χ2n) is 4.98. The minimum Gasteiger partial charge on any atom is -0.484 e. The molecule has 2 aromatic carbocycles. The predicted molar refractivity (Wildman–Crippen MR) is 82.4 cm³/mol. The Kier molecular flexibility index (Phi) is 4.95. The lowest BCUT2D eigenvalue weighted by atomic mass is 10.1. The standard InChI is InChI=1S/C17H19NO3/c1-12-7-13(2)9-15(8-12)21-11-17(20)18-16-6-4-3-5-14(16)10-19/h3-9,19H,10-11H2,1-2H3,(H,18,20). The van der Waals surface area contributed by atoms with Crippen molar-refractivity contribution in [1.29, 1.82) is 0 Å². The fraction of sp³-hybridized carbons (Fsp3) is 0.235. The Morgan fingerprint density at radius 2 is 1.81 bits per heavy atom. The van der Waals surface area contributed by atoms with Gasteiger partial charge in [0, 0.05) is 11.3 Å². The lowest BCUT2D eigenvalue weighted by Crippen LogP contribution is -2.21. The van der Waals surface area contributed by atoms with Crippen LogP contribution in [-0.4, -0.2) is 17.6 Å². The maximum atomic E-state index is 11.9. The van der Waals surface area contributed by atoms with Crippen LogP contribution in [0.5, 0.6) is 5.75 Å². The number of hydrogen-bond donors (Lipinski definition) is 2. The highest BCUT2D eigenvalue weighted by atomic mass is 16.5.